The molecule has 0 atom stereocenters. The van der Waals surface area contributed by atoms with Crippen LogP contribution >= 0.6 is 0 Å². The van der Waals surface area contributed by atoms with Crippen LogP contribution in [0.2, 0.25) is 0 Å². The SMILES string of the molecule is CCS(=O)(=O)N(CC(=O)Nc1ccc(C)cc1)c1ccc2c(c1)OCCO2. The lowest BCUT2D eigenvalue weighted by molar-refractivity contribution is -0.114. The standard InChI is InChI=1S/C19H22N2O5S/c1-3-27(23,24)21(13-19(22)20-15-6-4-14(2)5-7-15)16-8-9-17-18(12-16)26-11-10-25-17/h4-9,12H,3,10-11,13H2,1-2H3,(H,20,22). The Morgan fingerprint density at radius 3 is 2.41 bits per heavy atom. The number of sulfonamides is 1. The van der Waals surface area contributed by atoms with Gasteiger partial charge >= 0.3 is 0 Å². The zero-order valence-electron chi connectivity index (χ0n) is 15.3. The van der Waals surface area contributed by atoms with E-state index in [9.17, 15) is 13.2 Å². The summed E-state index contributed by atoms with van der Waals surface area (Å²) in [5.74, 6) is 0.474. The van der Waals surface area contributed by atoms with E-state index in [4.69, 9.17) is 9.47 Å². The Hall–Kier alpha value is -2.74. The van der Waals surface area contributed by atoms with Gasteiger partial charge in [0.05, 0.1) is 11.4 Å². The van der Waals surface area contributed by atoms with Crippen molar-refractivity contribution in [1.82, 2.24) is 0 Å². The van der Waals surface area contributed by atoms with Crippen LogP contribution in [-0.4, -0.2) is 39.8 Å². The Balaban J connectivity index is 1.83. The molecule has 0 radical (unpaired) electrons. The number of amides is 1. The largest absolute Gasteiger partial charge is 0.486 e. The van der Waals surface area contributed by atoms with Crippen LogP contribution in [0.1, 0.15) is 12.5 Å². The topological polar surface area (TPSA) is 84.9 Å². The Morgan fingerprint density at radius 1 is 1.07 bits per heavy atom. The number of nitrogens with one attached hydrogen (secondary N) is 1. The van der Waals surface area contributed by atoms with Crippen molar-refractivity contribution < 1.29 is 22.7 Å². The molecule has 1 N–H and O–H groups in total. The van der Waals surface area contributed by atoms with Crippen molar-refractivity contribution >= 4 is 27.3 Å². The molecule has 0 aliphatic carbocycles. The van der Waals surface area contributed by atoms with Crippen molar-refractivity contribution in [1.29, 1.82) is 0 Å². The molecule has 144 valence electrons. The Bertz CT molecular complexity index is 926. The van der Waals surface area contributed by atoms with Crippen molar-refractivity contribution in [3.8, 4) is 11.5 Å². The number of carbonyl (C=O) groups excluding carboxylic acids is 1. The molecule has 0 unspecified atom stereocenters. The van der Waals surface area contributed by atoms with Crippen molar-refractivity contribution in [3.05, 3.63) is 48.0 Å². The third kappa shape index (κ3) is 4.51. The fraction of sp³-hybridized carbons (Fsp3) is 0.316. The van der Waals surface area contributed by atoms with Gasteiger partial charge < -0.3 is 14.8 Å². The van der Waals surface area contributed by atoms with Crippen LogP contribution in [0.4, 0.5) is 11.4 Å². The smallest absolute Gasteiger partial charge is 0.245 e. The van der Waals surface area contributed by atoms with Gasteiger partial charge in [-0.2, -0.15) is 0 Å². The molecular weight excluding hydrogens is 368 g/mol. The van der Waals surface area contributed by atoms with Crippen LogP contribution < -0.4 is 19.1 Å². The fourth-order valence-corrected chi connectivity index (χ4v) is 3.72. The summed E-state index contributed by atoms with van der Waals surface area (Å²) in [5, 5.41) is 2.73. The lowest BCUT2D eigenvalue weighted by atomic mass is 10.2. The molecular formula is C19H22N2O5S. The fourth-order valence-electron chi connectivity index (χ4n) is 2.66. The van der Waals surface area contributed by atoms with Gasteiger partial charge in [0, 0.05) is 11.8 Å². The van der Waals surface area contributed by atoms with Gasteiger partial charge in [0.2, 0.25) is 15.9 Å². The lowest BCUT2D eigenvalue weighted by Gasteiger charge is -2.25. The number of rotatable bonds is 6. The molecule has 27 heavy (non-hydrogen) atoms. The summed E-state index contributed by atoms with van der Waals surface area (Å²) in [5.41, 5.74) is 2.04. The highest BCUT2D eigenvalue weighted by Crippen LogP contribution is 2.34. The van der Waals surface area contributed by atoms with Gasteiger partial charge in [0.15, 0.2) is 11.5 Å². The molecule has 0 aromatic heterocycles. The number of fused-ring (bicyclic) bond motifs is 1. The molecule has 1 heterocycles. The summed E-state index contributed by atoms with van der Waals surface area (Å²) in [7, 11) is -3.66. The number of benzene rings is 2. The maximum atomic E-state index is 12.6. The molecule has 0 spiro atoms. The average molecular weight is 390 g/mol. The normalized spacial score (nSPS) is 13.1. The van der Waals surface area contributed by atoms with E-state index in [0.29, 0.717) is 36.1 Å². The molecule has 1 aliphatic heterocycles. The van der Waals surface area contributed by atoms with Gasteiger partial charge in [-0.1, -0.05) is 17.7 Å². The van der Waals surface area contributed by atoms with E-state index in [1.54, 1.807) is 30.3 Å². The summed E-state index contributed by atoms with van der Waals surface area (Å²) < 4.78 is 37.2. The summed E-state index contributed by atoms with van der Waals surface area (Å²) in [4.78, 5) is 12.5. The molecule has 0 saturated heterocycles. The molecule has 2 aromatic carbocycles. The van der Waals surface area contributed by atoms with Crippen LogP contribution in [0, 0.1) is 6.92 Å². The minimum absolute atomic E-state index is 0.126. The first-order chi connectivity index (χ1) is 12.9. The highest BCUT2D eigenvalue weighted by atomic mass is 32.2. The predicted octanol–water partition coefficient (Wildman–Crippen LogP) is 2.56. The van der Waals surface area contributed by atoms with E-state index in [1.165, 1.54) is 6.92 Å². The van der Waals surface area contributed by atoms with E-state index in [0.717, 1.165) is 9.87 Å². The molecule has 0 bridgehead atoms. The van der Waals surface area contributed by atoms with Crippen molar-refractivity contribution in [3.63, 3.8) is 0 Å². The number of carbonyl (C=O) groups is 1. The highest BCUT2D eigenvalue weighted by molar-refractivity contribution is 7.92. The minimum Gasteiger partial charge on any atom is -0.486 e. The maximum absolute atomic E-state index is 12.6. The number of aryl methyl sites for hydroxylation is 1. The second-order valence-corrected chi connectivity index (χ2v) is 8.33. The summed E-state index contributed by atoms with van der Waals surface area (Å²) in [6.07, 6.45) is 0. The zero-order chi connectivity index (χ0) is 19.4. The molecule has 0 fully saturated rings. The first kappa shape index (κ1) is 19.0. The van der Waals surface area contributed by atoms with Crippen LogP contribution in [0.3, 0.4) is 0 Å². The minimum atomic E-state index is -3.66. The molecule has 7 nitrogen and oxygen atoms in total. The van der Waals surface area contributed by atoms with E-state index in [2.05, 4.69) is 5.32 Å². The average Bonchev–Trinajstić information content (AvgIpc) is 2.67. The van der Waals surface area contributed by atoms with Crippen molar-refractivity contribution in [2.24, 2.45) is 0 Å². The maximum Gasteiger partial charge on any atom is 0.245 e. The summed E-state index contributed by atoms with van der Waals surface area (Å²) in [6.45, 7) is 4.00. The van der Waals surface area contributed by atoms with Crippen LogP contribution in [-0.2, 0) is 14.8 Å². The van der Waals surface area contributed by atoms with Gasteiger partial charge in [-0.3, -0.25) is 9.10 Å². The van der Waals surface area contributed by atoms with Gasteiger partial charge in [-0.05, 0) is 38.1 Å². The third-order valence-electron chi connectivity index (χ3n) is 4.14. The quantitative estimate of drug-likeness (QED) is 0.819. The number of anilines is 2. The summed E-state index contributed by atoms with van der Waals surface area (Å²) >= 11 is 0. The van der Waals surface area contributed by atoms with Gasteiger partial charge in [0.25, 0.3) is 0 Å². The Labute approximate surface area is 158 Å². The van der Waals surface area contributed by atoms with E-state index < -0.39 is 15.9 Å². The van der Waals surface area contributed by atoms with Crippen molar-refractivity contribution in [2.75, 3.05) is 35.1 Å². The van der Waals surface area contributed by atoms with Gasteiger partial charge in [0.1, 0.15) is 19.8 Å². The lowest BCUT2D eigenvalue weighted by Crippen LogP contribution is -2.39. The Morgan fingerprint density at radius 2 is 1.74 bits per heavy atom. The number of ether oxygens (including phenoxy) is 2. The molecule has 0 saturated carbocycles. The number of nitrogens with zero attached hydrogens (tertiary/aromatic N) is 1. The van der Waals surface area contributed by atoms with Crippen LogP contribution in [0.25, 0.3) is 0 Å². The summed E-state index contributed by atoms with van der Waals surface area (Å²) in [6, 6.07) is 12.1. The Kier molecular flexibility index (Phi) is 5.55. The molecule has 3 rings (SSSR count). The van der Waals surface area contributed by atoms with E-state index in [1.807, 2.05) is 19.1 Å². The number of hydrogen-bond acceptors (Lipinski definition) is 5. The molecule has 1 amide bonds. The van der Waals surface area contributed by atoms with Gasteiger partial charge in [-0.15, -0.1) is 0 Å². The van der Waals surface area contributed by atoms with Gasteiger partial charge in [-0.25, -0.2) is 8.42 Å². The van der Waals surface area contributed by atoms with E-state index in [-0.39, 0.29) is 12.3 Å². The molecule has 1 aliphatic rings. The molecule has 2 aromatic rings. The molecule has 8 heteroatoms. The monoisotopic (exact) mass is 390 g/mol. The second-order valence-electron chi connectivity index (χ2n) is 6.15. The number of hydrogen-bond donors (Lipinski definition) is 1. The van der Waals surface area contributed by atoms with Crippen molar-refractivity contribution in [2.45, 2.75) is 13.8 Å². The predicted molar refractivity (Wildman–Crippen MR) is 104 cm³/mol. The second kappa shape index (κ2) is 7.87. The van der Waals surface area contributed by atoms with Crippen LogP contribution in [0.15, 0.2) is 42.5 Å². The first-order valence-corrected chi connectivity index (χ1v) is 10.3. The first-order valence-electron chi connectivity index (χ1n) is 8.65. The highest BCUT2D eigenvalue weighted by Gasteiger charge is 2.25. The zero-order valence-corrected chi connectivity index (χ0v) is 16.1. The van der Waals surface area contributed by atoms with Crippen LogP contribution in [0.5, 0.6) is 11.5 Å². The third-order valence-corrected chi connectivity index (χ3v) is 5.88. The van der Waals surface area contributed by atoms with E-state index >= 15 is 0 Å².